The Kier molecular flexibility index (Phi) is 7.11. The molecule has 0 radical (unpaired) electrons. The van der Waals surface area contributed by atoms with E-state index >= 15 is 0 Å². The van der Waals surface area contributed by atoms with Gasteiger partial charge in [0.25, 0.3) is 5.91 Å². The van der Waals surface area contributed by atoms with Crippen molar-refractivity contribution in [2.24, 2.45) is 0 Å². The number of esters is 1. The van der Waals surface area contributed by atoms with E-state index in [0.717, 1.165) is 16.7 Å². The number of ether oxygens (including phenoxy) is 1. The maximum Gasteiger partial charge on any atom is 0.338 e. The van der Waals surface area contributed by atoms with Crippen LogP contribution in [-0.2, 0) is 20.7 Å². The lowest BCUT2D eigenvalue weighted by Crippen LogP contribution is -2.43. The maximum absolute atomic E-state index is 12.2. The third kappa shape index (κ3) is 5.88. The van der Waals surface area contributed by atoms with Crippen molar-refractivity contribution in [2.45, 2.75) is 19.4 Å². The molecule has 1 N–H and O–H groups in total. The second-order valence-electron chi connectivity index (χ2n) is 6.94. The minimum Gasteiger partial charge on any atom is -0.452 e. The van der Waals surface area contributed by atoms with Crippen LogP contribution in [0.15, 0.2) is 84.9 Å². The second kappa shape index (κ2) is 10.2. The highest BCUT2D eigenvalue weighted by atomic mass is 16.5. The van der Waals surface area contributed by atoms with E-state index in [9.17, 15) is 14.4 Å². The molecular weight excluding hydrogens is 378 g/mol. The Bertz CT molecular complexity index is 998. The minimum absolute atomic E-state index is 0.157. The Balaban J connectivity index is 1.53. The molecule has 1 unspecified atom stereocenters. The predicted octanol–water partition coefficient (Wildman–Crippen LogP) is 3.83. The Morgan fingerprint density at radius 1 is 0.800 bits per heavy atom. The van der Waals surface area contributed by atoms with Crippen molar-refractivity contribution in [2.75, 3.05) is 6.61 Å². The zero-order valence-electron chi connectivity index (χ0n) is 16.7. The number of rotatable bonds is 8. The van der Waals surface area contributed by atoms with Gasteiger partial charge in [0, 0.05) is 0 Å². The van der Waals surface area contributed by atoms with Crippen molar-refractivity contribution < 1.29 is 19.1 Å². The molecule has 0 fully saturated rings. The van der Waals surface area contributed by atoms with E-state index in [-0.39, 0.29) is 5.78 Å². The Hall–Kier alpha value is -3.73. The van der Waals surface area contributed by atoms with Crippen LogP contribution in [0, 0.1) is 0 Å². The molecule has 3 rings (SSSR count). The SMILES string of the molecule is CC(=O)C(Cc1ccccc1)NC(=O)COC(=O)c1ccc(-c2ccccc2)cc1. The highest BCUT2D eigenvalue weighted by molar-refractivity contribution is 5.93. The molecule has 30 heavy (non-hydrogen) atoms. The molecular formula is C25H23NO4. The summed E-state index contributed by atoms with van der Waals surface area (Å²) >= 11 is 0. The van der Waals surface area contributed by atoms with Crippen LogP contribution in [-0.4, -0.2) is 30.3 Å². The van der Waals surface area contributed by atoms with Crippen LogP contribution in [0.1, 0.15) is 22.8 Å². The molecule has 0 aliphatic carbocycles. The highest BCUT2D eigenvalue weighted by Crippen LogP contribution is 2.19. The van der Waals surface area contributed by atoms with E-state index < -0.39 is 24.5 Å². The molecule has 0 saturated heterocycles. The third-order valence-electron chi connectivity index (χ3n) is 4.67. The molecule has 5 nitrogen and oxygen atoms in total. The van der Waals surface area contributed by atoms with Gasteiger partial charge in [0.05, 0.1) is 11.6 Å². The number of ketones is 1. The fraction of sp³-hybridized carbons (Fsp3) is 0.160. The van der Waals surface area contributed by atoms with Crippen molar-refractivity contribution in [1.29, 1.82) is 0 Å². The summed E-state index contributed by atoms with van der Waals surface area (Å²) in [6.07, 6.45) is 0.386. The molecule has 1 amide bonds. The van der Waals surface area contributed by atoms with Crippen LogP contribution in [0.5, 0.6) is 0 Å². The quantitative estimate of drug-likeness (QED) is 0.583. The van der Waals surface area contributed by atoms with E-state index in [2.05, 4.69) is 5.32 Å². The molecule has 3 aromatic rings. The molecule has 0 spiro atoms. The zero-order valence-corrected chi connectivity index (χ0v) is 16.7. The molecule has 0 heterocycles. The fourth-order valence-corrected chi connectivity index (χ4v) is 3.03. The summed E-state index contributed by atoms with van der Waals surface area (Å²) in [7, 11) is 0. The van der Waals surface area contributed by atoms with Crippen LogP contribution in [0.4, 0.5) is 0 Å². The van der Waals surface area contributed by atoms with Crippen molar-refractivity contribution >= 4 is 17.7 Å². The Morgan fingerprint density at radius 2 is 1.37 bits per heavy atom. The van der Waals surface area contributed by atoms with Crippen LogP contribution in [0.3, 0.4) is 0 Å². The highest BCUT2D eigenvalue weighted by Gasteiger charge is 2.19. The summed E-state index contributed by atoms with van der Waals surface area (Å²) in [5.74, 6) is -1.26. The first-order valence-electron chi connectivity index (χ1n) is 9.69. The van der Waals surface area contributed by atoms with Crippen LogP contribution in [0.2, 0.25) is 0 Å². The van der Waals surface area contributed by atoms with Crippen LogP contribution < -0.4 is 5.32 Å². The second-order valence-corrected chi connectivity index (χ2v) is 6.94. The largest absolute Gasteiger partial charge is 0.452 e. The molecule has 0 aliphatic rings. The fourth-order valence-electron chi connectivity index (χ4n) is 3.03. The number of Topliss-reactive ketones (excluding diaryl/α,β-unsaturated/α-hetero) is 1. The number of amides is 1. The van der Waals surface area contributed by atoms with E-state index in [1.54, 1.807) is 12.1 Å². The van der Waals surface area contributed by atoms with Crippen molar-refractivity contribution in [3.8, 4) is 11.1 Å². The average Bonchev–Trinajstić information content (AvgIpc) is 2.78. The maximum atomic E-state index is 12.2. The molecule has 0 bridgehead atoms. The monoisotopic (exact) mass is 401 g/mol. The van der Waals surface area contributed by atoms with Gasteiger partial charge in [-0.25, -0.2) is 4.79 Å². The lowest BCUT2D eigenvalue weighted by Gasteiger charge is -2.16. The van der Waals surface area contributed by atoms with Gasteiger partial charge in [0.2, 0.25) is 0 Å². The molecule has 0 saturated carbocycles. The topological polar surface area (TPSA) is 72.5 Å². The number of benzene rings is 3. The number of nitrogens with one attached hydrogen (secondary N) is 1. The molecule has 0 aliphatic heterocycles. The number of hydrogen-bond donors (Lipinski definition) is 1. The number of carbonyl (C=O) groups is 3. The van der Waals surface area contributed by atoms with Gasteiger partial charge in [0.1, 0.15) is 0 Å². The van der Waals surface area contributed by atoms with Gasteiger partial charge < -0.3 is 10.1 Å². The van der Waals surface area contributed by atoms with Gasteiger partial charge in [-0.05, 0) is 42.2 Å². The first-order valence-corrected chi connectivity index (χ1v) is 9.69. The summed E-state index contributed by atoms with van der Waals surface area (Å²) in [4.78, 5) is 36.3. The molecule has 0 aromatic heterocycles. The van der Waals surface area contributed by atoms with Crippen LogP contribution in [0.25, 0.3) is 11.1 Å². The standard InChI is InChI=1S/C25H23NO4/c1-18(27)23(16-19-8-4-2-5-9-19)26-24(28)17-30-25(29)22-14-12-21(13-15-22)20-10-6-3-7-11-20/h2-15,23H,16-17H2,1H3,(H,26,28). The summed E-state index contributed by atoms with van der Waals surface area (Å²) in [6, 6.07) is 25.5. The number of hydrogen-bond acceptors (Lipinski definition) is 4. The number of carbonyl (C=O) groups excluding carboxylic acids is 3. The van der Waals surface area contributed by atoms with E-state index in [0.29, 0.717) is 12.0 Å². The Labute approximate surface area is 175 Å². The van der Waals surface area contributed by atoms with Gasteiger partial charge in [-0.15, -0.1) is 0 Å². The predicted molar refractivity (Wildman–Crippen MR) is 115 cm³/mol. The zero-order chi connectivity index (χ0) is 21.3. The lowest BCUT2D eigenvalue weighted by atomic mass is 10.0. The van der Waals surface area contributed by atoms with Crippen molar-refractivity contribution in [1.82, 2.24) is 5.32 Å². The first kappa shape index (κ1) is 21.0. The lowest BCUT2D eigenvalue weighted by molar-refractivity contribution is -0.128. The summed E-state index contributed by atoms with van der Waals surface area (Å²) in [5.41, 5.74) is 3.32. The third-order valence-corrected chi connectivity index (χ3v) is 4.67. The molecule has 5 heteroatoms. The van der Waals surface area contributed by atoms with E-state index in [4.69, 9.17) is 4.74 Å². The summed E-state index contributed by atoms with van der Waals surface area (Å²) in [5, 5.41) is 2.64. The molecule has 3 aromatic carbocycles. The van der Waals surface area contributed by atoms with Crippen LogP contribution >= 0.6 is 0 Å². The van der Waals surface area contributed by atoms with Gasteiger partial charge in [-0.1, -0.05) is 72.8 Å². The summed E-state index contributed by atoms with van der Waals surface area (Å²) in [6.45, 7) is 0.978. The van der Waals surface area contributed by atoms with Gasteiger partial charge in [0.15, 0.2) is 12.4 Å². The smallest absolute Gasteiger partial charge is 0.338 e. The first-order chi connectivity index (χ1) is 14.5. The average molecular weight is 401 g/mol. The van der Waals surface area contributed by atoms with E-state index in [1.807, 2.05) is 72.8 Å². The molecule has 152 valence electrons. The summed E-state index contributed by atoms with van der Waals surface area (Å²) < 4.78 is 5.10. The van der Waals surface area contributed by atoms with Crippen molar-refractivity contribution in [3.05, 3.63) is 96.1 Å². The van der Waals surface area contributed by atoms with Crippen molar-refractivity contribution in [3.63, 3.8) is 0 Å². The van der Waals surface area contributed by atoms with Gasteiger partial charge >= 0.3 is 5.97 Å². The minimum atomic E-state index is -0.663. The Morgan fingerprint density at radius 3 is 1.97 bits per heavy atom. The van der Waals surface area contributed by atoms with Gasteiger partial charge in [-0.3, -0.25) is 9.59 Å². The molecule has 1 atom stereocenters. The normalized spacial score (nSPS) is 11.4. The van der Waals surface area contributed by atoms with Gasteiger partial charge in [-0.2, -0.15) is 0 Å². The van der Waals surface area contributed by atoms with E-state index in [1.165, 1.54) is 6.92 Å².